The standard InChI is InChI=1S/C29H42N4O8/c1-18(30-25(36)16-33-9-11-40-12-10-33)27(38)32-22(14-20-7-8-23(34)24(35)15-20)28(39)31-21(13-19-5-3-4-6-19)26(37)29(2)17-41-29/h7-8,15,18-19,21-22,34-35H,3-6,9-14,16-17H2,1-2H3,(H,30,36)(H,31,39)(H,32,38). The number of epoxide rings is 1. The van der Waals surface area contributed by atoms with E-state index in [1.165, 1.54) is 25.1 Å². The second-order valence-corrected chi connectivity index (χ2v) is 11.6. The van der Waals surface area contributed by atoms with Crippen LogP contribution in [0, 0.1) is 5.92 Å². The zero-order valence-electron chi connectivity index (χ0n) is 23.8. The smallest absolute Gasteiger partial charge is 0.243 e. The van der Waals surface area contributed by atoms with Gasteiger partial charge in [0.1, 0.15) is 17.7 Å². The molecule has 0 bridgehead atoms. The lowest BCUT2D eigenvalue weighted by Gasteiger charge is -2.27. The molecule has 4 rings (SSSR count). The predicted molar refractivity (Wildman–Crippen MR) is 148 cm³/mol. The molecule has 1 aromatic carbocycles. The van der Waals surface area contributed by atoms with Crippen molar-refractivity contribution in [2.75, 3.05) is 39.5 Å². The van der Waals surface area contributed by atoms with E-state index in [0.717, 1.165) is 25.7 Å². The highest BCUT2D eigenvalue weighted by Crippen LogP contribution is 2.33. The van der Waals surface area contributed by atoms with Crippen molar-refractivity contribution in [2.45, 2.75) is 76.1 Å². The summed E-state index contributed by atoms with van der Waals surface area (Å²) in [5.74, 6) is -1.98. The highest BCUT2D eigenvalue weighted by Gasteiger charge is 2.50. The minimum absolute atomic E-state index is 0.0159. The van der Waals surface area contributed by atoms with E-state index in [1.807, 2.05) is 4.90 Å². The molecule has 0 aromatic heterocycles. The number of phenols is 2. The number of hydrogen-bond acceptors (Lipinski definition) is 9. The molecule has 41 heavy (non-hydrogen) atoms. The zero-order valence-corrected chi connectivity index (χ0v) is 23.8. The second-order valence-electron chi connectivity index (χ2n) is 11.6. The van der Waals surface area contributed by atoms with E-state index in [-0.39, 0.29) is 36.2 Å². The first-order valence-corrected chi connectivity index (χ1v) is 14.4. The van der Waals surface area contributed by atoms with Gasteiger partial charge in [-0.25, -0.2) is 0 Å². The molecular formula is C29H42N4O8. The first kappa shape index (κ1) is 30.7. The molecule has 5 N–H and O–H groups in total. The van der Waals surface area contributed by atoms with Crippen molar-refractivity contribution in [1.82, 2.24) is 20.9 Å². The number of hydrogen-bond donors (Lipinski definition) is 5. The molecule has 1 saturated carbocycles. The minimum Gasteiger partial charge on any atom is -0.504 e. The normalized spacial score (nSPS) is 23.3. The Bertz CT molecular complexity index is 1110. The lowest BCUT2D eigenvalue weighted by atomic mass is 9.90. The number of benzene rings is 1. The lowest BCUT2D eigenvalue weighted by molar-refractivity contribution is -0.134. The molecule has 12 nitrogen and oxygen atoms in total. The highest BCUT2D eigenvalue weighted by atomic mass is 16.6. The number of amides is 3. The average Bonchev–Trinajstić information content (AvgIpc) is 3.48. The van der Waals surface area contributed by atoms with Crippen LogP contribution in [0.4, 0.5) is 0 Å². The van der Waals surface area contributed by atoms with Crippen molar-refractivity contribution in [1.29, 1.82) is 0 Å². The van der Waals surface area contributed by atoms with Crippen molar-refractivity contribution < 1.29 is 38.9 Å². The summed E-state index contributed by atoms with van der Waals surface area (Å²) in [6.07, 6.45) is 4.64. The molecule has 1 aliphatic carbocycles. The average molecular weight is 575 g/mol. The number of rotatable bonds is 13. The van der Waals surface area contributed by atoms with Gasteiger partial charge in [-0.2, -0.15) is 0 Å². The number of morpholine rings is 1. The minimum atomic E-state index is -1.11. The fourth-order valence-corrected chi connectivity index (χ4v) is 5.46. The summed E-state index contributed by atoms with van der Waals surface area (Å²) in [5, 5.41) is 27.9. The zero-order chi connectivity index (χ0) is 29.6. The van der Waals surface area contributed by atoms with Crippen LogP contribution in [-0.2, 0) is 35.1 Å². The number of carbonyl (C=O) groups excluding carboxylic acids is 4. The Labute approximate surface area is 240 Å². The van der Waals surface area contributed by atoms with Crippen LogP contribution in [0.2, 0.25) is 0 Å². The molecule has 2 saturated heterocycles. The van der Waals surface area contributed by atoms with Crippen LogP contribution in [0.25, 0.3) is 0 Å². The number of carbonyl (C=O) groups is 4. The highest BCUT2D eigenvalue weighted by molar-refractivity contribution is 5.98. The molecular weight excluding hydrogens is 532 g/mol. The Morgan fingerprint density at radius 1 is 1.00 bits per heavy atom. The van der Waals surface area contributed by atoms with Crippen LogP contribution in [-0.4, -0.2) is 102 Å². The van der Waals surface area contributed by atoms with E-state index in [2.05, 4.69) is 16.0 Å². The Kier molecular flexibility index (Phi) is 10.2. The van der Waals surface area contributed by atoms with Gasteiger partial charge in [-0.05, 0) is 43.9 Å². The van der Waals surface area contributed by atoms with Gasteiger partial charge in [0.05, 0.1) is 32.4 Å². The van der Waals surface area contributed by atoms with Crippen molar-refractivity contribution in [2.24, 2.45) is 5.92 Å². The number of nitrogens with one attached hydrogen (secondary N) is 3. The molecule has 3 amide bonds. The van der Waals surface area contributed by atoms with E-state index >= 15 is 0 Å². The number of ether oxygens (including phenoxy) is 2. The van der Waals surface area contributed by atoms with Crippen LogP contribution in [0.3, 0.4) is 0 Å². The van der Waals surface area contributed by atoms with Crippen molar-refractivity contribution in [3.8, 4) is 11.5 Å². The van der Waals surface area contributed by atoms with E-state index in [1.54, 1.807) is 6.92 Å². The van der Waals surface area contributed by atoms with E-state index in [4.69, 9.17) is 9.47 Å². The molecule has 1 aromatic rings. The topological polar surface area (TPSA) is 170 Å². The fourth-order valence-electron chi connectivity index (χ4n) is 5.46. The summed E-state index contributed by atoms with van der Waals surface area (Å²) in [4.78, 5) is 54.5. The third kappa shape index (κ3) is 8.64. The van der Waals surface area contributed by atoms with Gasteiger partial charge in [-0.15, -0.1) is 0 Å². The number of phenolic OH excluding ortho intramolecular Hbond substituents is 2. The van der Waals surface area contributed by atoms with Crippen molar-refractivity contribution in [3.63, 3.8) is 0 Å². The molecule has 0 spiro atoms. The van der Waals surface area contributed by atoms with Gasteiger partial charge in [0.2, 0.25) is 17.7 Å². The van der Waals surface area contributed by atoms with Crippen LogP contribution in [0.15, 0.2) is 18.2 Å². The number of Topliss-reactive ketones (excluding diaryl/α,β-unsaturated/α-hetero) is 1. The Morgan fingerprint density at radius 3 is 2.29 bits per heavy atom. The fraction of sp³-hybridized carbons (Fsp3) is 0.655. The van der Waals surface area contributed by atoms with Gasteiger partial charge in [0.15, 0.2) is 17.3 Å². The second kappa shape index (κ2) is 13.6. The molecule has 226 valence electrons. The van der Waals surface area contributed by atoms with Crippen LogP contribution >= 0.6 is 0 Å². The Balaban J connectivity index is 1.44. The third-order valence-electron chi connectivity index (χ3n) is 8.13. The lowest BCUT2D eigenvalue weighted by Crippen LogP contribution is -2.57. The number of ketones is 1. The van der Waals surface area contributed by atoms with E-state index < -0.39 is 35.5 Å². The summed E-state index contributed by atoms with van der Waals surface area (Å²) in [6.45, 7) is 6.02. The third-order valence-corrected chi connectivity index (χ3v) is 8.13. The summed E-state index contributed by atoms with van der Waals surface area (Å²) in [6, 6.07) is 1.34. The monoisotopic (exact) mass is 574 g/mol. The molecule has 0 radical (unpaired) electrons. The van der Waals surface area contributed by atoms with Crippen LogP contribution in [0.5, 0.6) is 11.5 Å². The van der Waals surface area contributed by atoms with E-state index in [0.29, 0.717) is 50.8 Å². The molecule has 2 aliphatic heterocycles. The molecule has 4 atom stereocenters. The Hall–Kier alpha value is -3.22. The predicted octanol–water partition coefficient (Wildman–Crippen LogP) is 0.385. The Morgan fingerprint density at radius 2 is 1.66 bits per heavy atom. The molecule has 3 fully saturated rings. The van der Waals surface area contributed by atoms with Crippen molar-refractivity contribution in [3.05, 3.63) is 23.8 Å². The van der Waals surface area contributed by atoms with Crippen LogP contribution in [0.1, 0.15) is 51.5 Å². The summed E-state index contributed by atoms with van der Waals surface area (Å²) < 4.78 is 10.7. The van der Waals surface area contributed by atoms with E-state index in [9.17, 15) is 29.4 Å². The van der Waals surface area contributed by atoms with Gasteiger partial charge in [0, 0.05) is 19.5 Å². The molecule has 12 heteroatoms. The van der Waals surface area contributed by atoms with Gasteiger partial charge in [-0.1, -0.05) is 31.7 Å². The maximum atomic E-state index is 13.6. The van der Waals surface area contributed by atoms with Gasteiger partial charge < -0.3 is 35.6 Å². The first-order valence-electron chi connectivity index (χ1n) is 14.4. The first-order chi connectivity index (χ1) is 19.5. The van der Waals surface area contributed by atoms with Gasteiger partial charge in [0.25, 0.3) is 0 Å². The quantitative estimate of drug-likeness (QED) is 0.165. The van der Waals surface area contributed by atoms with Crippen molar-refractivity contribution >= 4 is 23.5 Å². The molecule has 3 aliphatic rings. The molecule has 4 unspecified atom stereocenters. The number of aromatic hydroxyl groups is 2. The summed E-state index contributed by atoms with van der Waals surface area (Å²) in [7, 11) is 0. The van der Waals surface area contributed by atoms with Gasteiger partial charge >= 0.3 is 0 Å². The van der Waals surface area contributed by atoms with Crippen LogP contribution < -0.4 is 16.0 Å². The maximum absolute atomic E-state index is 13.6. The maximum Gasteiger partial charge on any atom is 0.243 e. The molecule has 2 heterocycles. The SMILES string of the molecule is CC(NC(=O)CN1CCOCC1)C(=O)NC(Cc1ccc(O)c(O)c1)C(=O)NC(CC1CCCC1)C(=O)C1(C)CO1. The largest absolute Gasteiger partial charge is 0.504 e. The summed E-state index contributed by atoms with van der Waals surface area (Å²) in [5.41, 5.74) is -0.432. The van der Waals surface area contributed by atoms with Gasteiger partial charge in [-0.3, -0.25) is 24.1 Å². The number of nitrogens with zero attached hydrogens (tertiary/aromatic N) is 1. The summed E-state index contributed by atoms with van der Waals surface area (Å²) >= 11 is 0.